The van der Waals surface area contributed by atoms with Gasteiger partial charge in [0.15, 0.2) is 0 Å². The fourth-order valence-electron chi connectivity index (χ4n) is 1.45. The van der Waals surface area contributed by atoms with Crippen molar-refractivity contribution in [1.82, 2.24) is 5.32 Å². The lowest BCUT2D eigenvalue weighted by Crippen LogP contribution is -2.35. The van der Waals surface area contributed by atoms with Gasteiger partial charge in [-0.3, -0.25) is 4.79 Å². The van der Waals surface area contributed by atoms with Crippen LogP contribution in [0.25, 0.3) is 0 Å². The molecule has 1 atom stereocenters. The molecular weight excluding hydrogens is 238 g/mol. The van der Waals surface area contributed by atoms with E-state index in [9.17, 15) is 4.79 Å². The zero-order valence-electron chi connectivity index (χ0n) is 10.2. The Labute approximate surface area is 107 Å². The number of alkyl halides is 1. The van der Waals surface area contributed by atoms with Crippen LogP contribution in [0.2, 0.25) is 0 Å². The smallest absolute Gasteiger partial charge is 0.255 e. The maximum atomic E-state index is 12.0. The number of rotatable bonds is 6. The molecule has 0 aliphatic carbocycles. The minimum atomic E-state index is -0.137. The Morgan fingerprint density at radius 3 is 2.71 bits per heavy atom. The van der Waals surface area contributed by atoms with E-state index in [1.54, 1.807) is 12.1 Å². The largest absolute Gasteiger partial charge is 0.493 e. The highest BCUT2D eigenvalue weighted by Gasteiger charge is 2.14. The molecule has 0 radical (unpaired) electrons. The minimum Gasteiger partial charge on any atom is -0.493 e. The van der Waals surface area contributed by atoms with Crippen molar-refractivity contribution in [3.8, 4) is 5.75 Å². The average molecular weight is 256 g/mol. The molecule has 1 rings (SSSR count). The zero-order chi connectivity index (χ0) is 12.7. The Hall–Kier alpha value is -1.22. The zero-order valence-corrected chi connectivity index (χ0v) is 11.0. The number of amides is 1. The summed E-state index contributed by atoms with van der Waals surface area (Å²) >= 11 is 5.75. The Morgan fingerprint density at radius 2 is 2.12 bits per heavy atom. The van der Waals surface area contributed by atoms with Crippen molar-refractivity contribution in [3.05, 3.63) is 29.8 Å². The lowest BCUT2D eigenvalue weighted by Gasteiger charge is -2.15. The Bertz CT molecular complexity index is 364. The summed E-state index contributed by atoms with van der Waals surface area (Å²) in [7, 11) is 0. The van der Waals surface area contributed by atoms with Crippen LogP contribution < -0.4 is 10.1 Å². The summed E-state index contributed by atoms with van der Waals surface area (Å²) in [6.45, 7) is 4.42. The number of hydrogen-bond acceptors (Lipinski definition) is 2. The molecule has 17 heavy (non-hydrogen) atoms. The second-order valence-corrected chi connectivity index (χ2v) is 3.97. The number of carbonyl (C=O) groups is 1. The standard InChI is InChI=1S/C13H18ClNO2/c1-3-10(9-14)15-13(16)11-7-5-6-8-12(11)17-4-2/h5-8,10H,3-4,9H2,1-2H3,(H,15,16). The predicted molar refractivity (Wildman–Crippen MR) is 69.9 cm³/mol. The van der Waals surface area contributed by atoms with Crippen molar-refractivity contribution < 1.29 is 9.53 Å². The van der Waals surface area contributed by atoms with Crippen LogP contribution in [-0.4, -0.2) is 24.4 Å². The van der Waals surface area contributed by atoms with Gasteiger partial charge in [-0.15, -0.1) is 11.6 Å². The van der Waals surface area contributed by atoms with E-state index in [0.29, 0.717) is 23.8 Å². The maximum Gasteiger partial charge on any atom is 0.255 e. The third-order valence-electron chi connectivity index (χ3n) is 2.45. The third kappa shape index (κ3) is 3.93. The van der Waals surface area contributed by atoms with Crippen LogP contribution in [0, 0.1) is 0 Å². The van der Waals surface area contributed by atoms with Crippen molar-refractivity contribution in [1.29, 1.82) is 0 Å². The minimum absolute atomic E-state index is 0.00107. The quantitative estimate of drug-likeness (QED) is 0.794. The summed E-state index contributed by atoms with van der Waals surface area (Å²) < 4.78 is 5.41. The van der Waals surface area contributed by atoms with Gasteiger partial charge in [0.05, 0.1) is 12.2 Å². The van der Waals surface area contributed by atoms with Gasteiger partial charge in [0.2, 0.25) is 0 Å². The van der Waals surface area contributed by atoms with Gasteiger partial charge < -0.3 is 10.1 Å². The van der Waals surface area contributed by atoms with Crippen LogP contribution in [0.4, 0.5) is 0 Å². The van der Waals surface area contributed by atoms with Gasteiger partial charge in [-0.05, 0) is 25.5 Å². The molecule has 0 aliphatic rings. The molecule has 0 bridgehead atoms. The summed E-state index contributed by atoms with van der Waals surface area (Å²) in [6, 6.07) is 7.21. The second kappa shape index (κ2) is 7.17. The number of ether oxygens (including phenoxy) is 1. The number of hydrogen-bond donors (Lipinski definition) is 1. The van der Waals surface area contributed by atoms with E-state index in [2.05, 4.69) is 5.32 Å². The number of nitrogens with one attached hydrogen (secondary N) is 1. The molecule has 94 valence electrons. The Kier molecular flexibility index (Phi) is 5.84. The summed E-state index contributed by atoms with van der Waals surface area (Å²) in [4.78, 5) is 12.0. The fourth-order valence-corrected chi connectivity index (χ4v) is 1.74. The first kappa shape index (κ1) is 13.8. The first-order chi connectivity index (χ1) is 8.22. The molecule has 1 N–H and O–H groups in total. The number of benzene rings is 1. The summed E-state index contributed by atoms with van der Waals surface area (Å²) in [6.07, 6.45) is 0.812. The summed E-state index contributed by atoms with van der Waals surface area (Å²) in [5, 5.41) is 2.88. The summed E-state index contributed by atoms with van der Waals surface area (Å²) in [5.41, 5.74) is 0.554. The third-order valence-corrected chi connectivity index (χ3v) is 2.82. The average Bonchev–Trinajstić information content (AvgIpc) is 2.36. The molecule has 3 nitrogen and oxygen atoms in total. The maximum absolute atomic E-state index is 12.0. The number of para-hydroxylation sites is 1. The van der Waals surface area contributed by atoms with Crippen LogP contribution in [0.1, 0.15) is 30.6 Å². The van der Waals surface area contributed by atoms with E-state index in [4.69, 9.17) is 16.3 Å². The Morgan fingerprint density at radius 1 is 1.41 bits per heavy atom. The van der Waals surface area contributed by atoms with E-state index in [1.165, 1.54) is 0 Å². The lowest BCUT2D eigenvalue weighted by atomic mass is 10.1. The molecule has 0 saturated heterocycles. The molecule has 0 fully saturated rings. The monoisotopic (exact) mass is 255 g/mol. The van der Waals surface area contributed by atoms with Gasteiger partial charge in [-0.2, -0.15) is 0 Å². The highest BCUT2D eigenvalue weighted by Crippen LogP contribution is 2.18. The molecule has 1 unspecified atom stereocenters. The molecular formula is C13H18ClNO2. The van der Waals surface area contributed by atoms with Crippen LogP contribution in [-0.2, 0) is 0 Å². The second-order valence-electron chi connectivity index (χ2n) is 3.66. The van der Waals surface area contributed by atoms with Gasteiger partial charge in [0.1, 0.15) is 5.75 Å². The highest BCUT2D eigenvalue weighted by atomic mass is 35.5. The van der Waals surface area contributed by atoms with E-state index in [0.717, 1.165) is 6.42 Å². The topological polar surface area (TPSA) is 38.3 Å². The predicted octanol–water partition coefficient (Wildman–Crippen LogP) is 2.83. The van der Waals surface area contributed by atoms with Gasteiger partial charge in [0, 0.05) is 11.9 Å². The lowest BCUT2D eigenvalue weighted by molar-refractivity contribution is 0.0936. The molecule has 1 aromatic carbocycles. The van der Waals surface area contributed by atoms with Crippen LogP contribution >= 0.6 is 11.6 Å². The molecule has 1 aromatic rings. The van der Waals surface area contributed by atoms with E-state index >= 15 is 0 Å². The van der Waals surface area contributed by atoms with Gasteiger partial charge in [-0.25, -0.2) is 0 Å². The first-order valence-electron chi connectivity index (χ1n) is 5.81. The first-order valence-corrected chi connectivity index (χ1v) is 6.35. The SMILES string of the molecule is CCOc1ccccc1C(=O)NC(CC)CCl. The van der Waals surface area contributed by atoms with Gasteiger partial charge in [-0.1, -0.05) is 19.1 Å². The molecule has 0 aliphatic heterocycles. The van der Waals surface area contributed by atoms with Crippen molar-refractivity contribution in [2.45, 2.75) is 26.3 Å². The molecule has 4 heteroatoms. The fraction of sp³-hybridized carbons (Fsp3) is 0.462. The number of carbonyl (C=O) groups excluding carboxylic acids is 1. The normalized spacial score (nSPS) is 11.9. The van der Waals surface area contributed by atoms with Crippen molar-refractivity contribution >= 4 is 17.5 Å². The molecule has 0 aromatic heterocycles. The molecule has 0 spiro atoms. The molecule has 0 saturated carbocycles. The number of halogens is 1. The van der Waals surface area contributed by atoms with Crippen molar-refractivity contribution in [2.75, 3.05) is 12.5 Å². The molecule has 1 amide bonds. The van der Waals surface area contributed by atoms with E-state index in [-0.39, 0.29) is 11.9 Å². The van der Waals surface area contributed by atoms with E-state index < -0.39 is 0 Å². The van der Waals surface area contributed by atoms with Gasteiger partial charge in [0.25, 0.3) is 5.91 Å². The molecule has 0 heterocycles. The summed E-state index contributed by atoms with van der Waals surface area (Å²) in [5.74, 6) is 0.887. The van der Waals surface area contributed by atoms with Crippen LogP contribution in [0.15, 0.2) is 24.3 Å². The van der Waals surface area contributed by atoms with Crippen LogP contribution in [0.3, 0.4) is 0 Å². The van der Waals surface area contributed by atoms with Crippen LogP contribution in [0.5, 0.6) is 5.75 Å². The van der Waals surface area contributed by atoms with Gasteiger partial charge >= 0.3 is 0 Å². The Balaban J connectivity index is 2.80. The van der Waals surface area contributed by atoms with Crippen molar-refractivity contribution in [2.24, 2.45) is 0 Å². The van der Waals surface area contributed by atoms with E-state index in [1.807, 2.05) is 26.0 Å². The highest BCUT2D eigenvalue weighted by molar-refractivity contribution is 6.18. The van der Waals surface area contributed by atoms with Crippen molar-refractivity contribution in [3.63, 3.8) is 0 Å².